The van der Waals surface area contributed by atoms with Gasteiger partial charge in [-0.15, -0.1) is 0 Å². The fourth-order valence-corrected chi connectivity index (χ4v) is 2.39. The van der Waals surface area contributed by atoms with Crippen molar-refractivity contribution in [2.75, 3.05) is 13.7 Å². The molecule has 0 aliphatic rings. The lowest BCUT2D eigenvalue weighted by Gasteiger charge is -2.15. The van der Waals surface area contributed by atoms with E-state index in [9.17, 15) is 0 Å². The molecule has 1 aromatic heterocycles. The third kappa shape index (κ3) is 3.06. The molecule has 1 rings (SSSR count). The van der Waals surface area contributed by atoms with Gasteiger partial charge in [0.25, 0.3) is 0 Å². The number of rotatable bonds is 6. The van der Waals surface area contributed by atoms with Crippen LogP contribution in [0.15, 0.2) is 10.8 Å². The van der Waals surface area contributed by atoms with Crippen LogP contribution >= 0.6 is 11.3 Å². The Morgan fingerprint density at radius 3 is 2.86 bits per heavy atom. The summed E-state index contributed by atoms with van der Waals surface area (Å²) in [5.74, 6) is 5.53. The number of nitrogens with two attached hydrogens (primary N) is 1. The smallest absolute Gasteiger partial charge is 0.0471 e. The van der Waals surface area contributed by atoms with Gasteiger partial charge in [-0.3, -0.25) is 11.3 Å². The molecule has 14 heavy (non-hydrogen) atoms. The van der Waals surface area contributed by atoms with Crippen molar-refractivity contribution >= 4 is 11.3 Å². The molecule has 0 amide bonds. The molecule has 0 radical (unpaired) electrons. The van der Waals surface area contributed by atoms with Crippen LogP contribution in [0.3, 0.4) is 0 Å². The van der Waals surface area contributed by atoms with Gasteiger partial charge < -0.3 is 4.74 Å². The van der Waals surface area contributed by atoms with Crippen molar-refractivity contribution in [3.8, 4) is 0 Å². The third-order valence-electron chi connectivity index (χ3n) is 2.31. The summed E-state index contributed by atoms with van der Waals surface area (Å²) < 4.78 is 5.02. The first-order valence-corrected chi connectivity index (χ1v) is 5.71. The van der Waals surface area contributed by atoms with Gasteiger partial charge in [0, 0.05) is 19.8 Å². The van der Waals surface area contributed by atoms with Crippen molar-refractivity contribution in [3.05, 3.63) is 21.9 Å². The largest absolute Gasteiger partial charge is 0.385 e. The van der Waals surface area contributed by atoms with E-state index in [-0.39, 0.29) is 6.04 Å². The Bertz CT molecular complexity index is 262. The fraction of sp³-hybridized carbons (Fsp3) is 0.600. The number of hydrogen-bond acceptors (Lipinski definition) is 4. The Kier molecular flexibility index (Phi) is 5.11. The Hall–Kier alpha value is -0.420. The van der Waals surface area contributed by atoms with E-state index >= 15 is 0 Å². The van der Waals surface area contributed by atoms with Crippen LogP contribution in [0.2, 0.25) is 0 Å². The van der Waals surface area contributed by atoms with Crippen LogP contribution in [0.5, 0.6) is 0 Å². The number of methoxy groups -OCH3 is 1. The Balaban J connectivity index is 2.50. The average molecular weight is 214 g/mol. The van der Waals surface area contributed by atoms with E-state index in [0.29, 0.717) is 0 Å². The molecule has 1 heterocycles. The van der Waals surface area contributed by atoms with Crippen LogP contribution in [0.4, 0.5) is 0 Å². The van der Waals surface area contributed by atoms with Crippen molar-refractivity contribution in [1.29, 1.82) is 0 Å². The van der Waals surface area contributed by atoms with Crippen LogP contribution in [-0.4, -0.2) is 13.7 Å². The molecule has 0 aromatic carbocycles. The van der Waals surface area contributed by atoms with Crippen LogP contribution < -0.4 is 11.3 Å². The van der Waals surface area contributed by atoms with Gasteiger partial charge in [-0.25, -0.2) is 0 Å². The van der Waals surface area contributed by atoms with E-state index in [1.165, 1.54) is 11.1 Å². The van der Waals surface area contributed by atoms with Gasteiger partial charge >= 0.3 is 0 Å². The van der Waals surface area contributed by atoms with E-state index in [2.05, 4.69) is 23.1 Å². The van der Waals surface area contributed by atoms with E-state index in [1.54, 1.807) is 18.4 Å². The third-order valence-corrected chi connectivity index (χ3v) is 3.19. The normalized spacial score (nSPS) is 13.1. The number of aryl methyl sites for hydroxylation is 1. The molecule has 0 aliphatic heterocycles. The van der Waals surface area contributed by atoms with E-state index in [1.807, 2.05) is 0 Å². The maximum Gasteiger partial charge on any atom is 0.0471 e. The highest BCUT2D eigenvalue weighted by Gasteiger charge is 2.12. The summed E-state index contributed by atoms with van der Waals surface area (Å²) in [6, 6.07) is 0.261. The molecule has 4 heteroatoms. The zero-order valence-electron chi connectivity index (χ0n) is 8.75. The first-order valence-electron chi connectivity index (χ1n) is 4.77. The van der Waals surface area contributed by atoms with E-state index in [0.717, 1.165) is 19.4 Å². The van der Waals surface area contributed by atoms with Crippen LogP contribution in [0, 0.1) is 6.92 Å². The molecule has 0 saturated carbocycles. The second kappa shape index (κ2) is 6.14. The van der Waals surface area contributed by atoms with Gasteiger partial charge in [0.05, 0.1) is 0 Å². The molecule has 0 bridgehead atoms. The van der Waals surface area contributed by atoms with Crippen molar-refractivity contribution < 1.29 is 4.74 Å². The molecule has 0 spiro atoms. The zero-order chi connectivity index (χ0) is 10.4. The van der Waals surface area contributed by atoms with Crippen molar-refractivity contribution in [1.82, 2.24) is 5.43 Å². The summed E-state index contributed by atoms with van der Waals surface area (Å²) in [7, 11) is 1.72. The SMILES string of the molecule is COCCCC(NN)c1cscc1C. The number of thiophene rings is 1. The van der Waals surface area contributed by atoms with E-state index in [4.69, 9.17) is 10.6 Å². The van der Waals surface area contributed by atoms with Gasteiger partial charge in [0.1, 0.15) is 0 Å². The quantitative estimate of drug-likeness (QED) is 0.432. The van der Waals surface area contributed by atoms with Gasteiger partial charge in [-0.1, -0.05) is 0 Å². The molecule has 1 unspecified atom stereocenters. The Morgan fingerprint density at radius 2 is 2.36 bits per heavy atom. The first kappa shape index (κ1) is 11.7. The van der Waals surface area contributed by atoms with Gasteiger partial charge in [-0.2, -0.15) is 11.3 Å². The molecule has 1 atom stereocenters. The van der Waals surface area contributed by atoms with Crippen LogP contribution in [-0.2, 0) is 4.74 Å². The predicted octanol–water partition coefficient (Wildman–Crippen LogP) is 1.99. The Labute approximate surface area is 89.2 Å². The topological polar surface area (TPSA) is 47.3 Å². The summed E-state index contributed by atoms with van der Waals surface area (Å²) >= 11 is 1.72. The molecule has 80 valence electrons. The molecule has 0 aliphatic carbocycles. The van der Waals surface area contributed by atoms with Crippen LogP contribution in [0.1, 0.15) is 30.0 Å². The van der Waals surface area contributed by atoms with Crippen LogP contribution in [0.25, 0.3) is 0 Å². The minimum Gasteiger partial charge on any atom is -0.385 e. The second-order valence-corrected chi connectivity index (χ2v) is 4.11. The minimum atomic E-state index is 0.261. The summed E-state index contributed by atoms with van der Waals surface area (Å²) in [5, 5.41) is 4.31. The molecule has 0 saturated heterocycles. The monoisotopic (exact) mass is 214 g/mol. The lowest BCUT2D eigenvalue weighted by atomic mass is 10.0. The molecular weight excluding hydrogens is 196 g/mol. The lowest BCUT2D eigenvalue weighted by molar-refractivity contribution is 0.189. The van der Waals surface area contributed by atoms with Crippen molar-refractivity contribution in [3.63, 3.8) is 0 Å². The van der Waals surface area contributed by atoms with E-state index < -0.39 is 0 Å². The Morgan fingerprint density at radius 1 is 1.57 bits per heavy atom. The minimum absolute atomic E-state index is 0.261. The summed E-state index contributed by atoms with van der Waals surface area (Å²) in [5.41, 5.74) is 5.48. The maximum atomic E-state index is 5.53. The lowest BCUT2D eigenvalue weighted by Crippen LogP contribution is -2.28. The molecule has 1 aromatic rings. The number of hydrazine groups is 1. The summed E-state index contributed by atoms with van der Waals surface area (Å²) in [6.07, 6.45) is 2.04. The maximum absolute atomic E-state index is 5.53. The fourth-order valence-electron chi connectivity index (χ4n) is 1.49. The number of hydrogen-bond donors (Lipinski definition) is 2. The second-order valence-electron chi connectivity index (χ2n) is 3.36. The van der Waals surface area contributed by atoms with Crippen molar-refractivity contribution in [2.45, 2.75) is 25.8 Å². The highest BCUT2D eigenvalue weighted by atomic mass is 32.1. The van der Waals surface area contributed by atoms with Crippen molar-refractivity contribution in [2.24, 2.45) is 5.84 Å². The molecule has 3 N–H and O–H groups in total. The molecule has 3 nitrogen and oxygen atoms in total. The number of ether oxygens (including phenoxy) is 1. The average Bonchev–Trinajstić information content (AvgIpc) is 2.60. The predicted molar refractivity (Wildman–Crippen MR) is 60.2 cm³/mol. The first-order chi connectivity index (χ1) is 6.79. The van der Waals surface area contributed by atoms with Gasteiger partial charge in [0.2, 0.25) is 0 Å². The highest BCUT2D eigenvalue weighted by molar-refractivity contribution is 7.08. The highest BCUT2D eigenvalue weighted by Crippen LogP contribution is 2.24. The van der Waals surface area contributed by atoms with Gasteiger partial charge in [-0.05, 0) is 41.7 Å². The number of nitrogens with one attached hydrogen (secondary N) is 1. The molecular formula is C10H18N2OS. The standard InChI is InChI=1S/C10H18N2OS/c1-8-6-14-7-9(8)10(12-11)4-3-5-13-2/h6-7,10,12H,3-5,11H2,1-2H3. The summed E-state index contributed by atoms with van der Waals surface area (Å²) in [4.78, 5) is 0. The van der Waals surface area contributed by atoms with Gasteiger partial charge in [0.15, 0.2) is 0 Å². The zero-order valence-corrected chi connectivity index (χ0v) is 9.56. The summed E-state index contributed by atoms with van der Waals surface area (Å²) in [6.45, 7) is 2.91. The molecule has 0 fully saturated rings.